The van der Waals surface area contributed by atoms with Crippen LogP contribution < -0.4 is 4.72 Å². The van der Waals surface area contributed by atoms with Gasteiger partial charge in [0.05, 0.1) is 4.90 Å². The summed E-state index contributed by atoms with van der Waals surface area (Å²) in [5, 5.41) is 0. The number of rotatable bonds is 5. The van der Waals surface area contributed by atoms with Gasteiger partial charge in [-0.15, -0.1) is 0 Å². The Morgan fingerprint density at radius 3 is 2.23 bits per heavy atom. The monoisotopic (exact) mass is 396 g/mol. The molecule has 0 bridgehead atoms. The van der Waals surface area contributed by atoms with Gasteiger partial charge in [0.2, 0.25) is 10.0 Å². The van der Waals surface area contributed by atoms with E-state index in [-0.39, 0.29) is 0 Å². The Morgan fingerprint density at radius 2 is 1.69 bits per heavy atom. The van der Waals surface area contributed by atoms with E-state index in [0.29, 0.717) is 17.4 Å². The quantitative estimate of drug-likeness (QED) is 0.829. The molecule has 0 aromatic heterocycles. The summed E-state index contributed by atoms with van der Waals surface area (Å²) in [6.07, 6.45) is 3.50. The van der Waals surface area contributed by atoms with Crippen molar-refractivity contribution in [1.82, 2.24) is 9.62 Å². The zero-order valence-electron chi connectivity index (χ0n) is 16.5. The first kappa shape index (κ1) is 20.2. The van der Waals surface area contributed by atoms with Crippen molar-refractivity contribution in [3.63, 3.8) is 0 Å². The number of hydrogen-bond donors (Lipinski definition) is 1. The van der Waals surface area contributed by atoms with Crippen molar-refractivity contribution in [2.24, 2.45) is 5.92 Å². The average Bonchev–Trinajstić information content (AvgIpc) is 3.13. The van der Waals surface area contributed by atoms with Crippen LogP contribution in [0.3, 0.4) is 0 Å². The largest absolute Gasteiger partial charge is 0.300 e. The number of benzene rings is 1. The second-order valence-corrected chi connectivity index (χ2v) is 10.8. The van der Waals surface area contributed by atoms with Gasteiger partial charge in [-0.1, -0.05) is 6.07 Å². The summed E-state index contributed by atoms with van der Waals surface area (Å²) in [6, 6.07) is 2.82. The minimum atomic E-state index is -3.46. The fourth-order valence-corrected chi connectivity index (χ4v) is 7.20. The second-order valence-electron chi connectivity index (χ2n) is 7.94. The van der Waals surface area contributed by atoms with Crippen LogP contribution in [-0.2, 0) is 10.0 Å². The summed E-state index contributed by atoms with van der Waals surface area (Å²) in [6.45, 7) is 10.6. The van der Waals surface area contributed by atoms with Crippen molar-refractivity contribution in [2.45, 2.75) is 57.9 Å². The van der Waals surface area contributed by atoms with E-state index in [1.807, 2.05) is 27.7 Å². The molecule has 0 saturated carbocycles. The maximum Gasteiger partial charge on any atom is 0.241 e. The summed E-state index contributed by atoms with van der Waals surface area (Å²) < 4.78 is 28.9. The first-order valence-corrected chi connectivity index (χ1v) is 12.3. The summed E-state index contributed by atoms with van der Waals surface area (Å²) in [7, 11) is -3.46. The summed E-state index contributed by atoms with van der Waals surface area (Å²) in [4.78, 5) is 3.10. The third kappa shape index (κ3) is 4.29. The topological polar surface area (TPSA) is 49.4 Å². The highest BCUT2D eigenvalue weighted by molar-refractivity contribution is 7.99. The van der Waals surface area contributed by atoms with Crippen molar-refractivity contribution >= 4 is 21.8 Å². The van der Waals surface area contributed by atoms with E-state index < -0.39 is 10.0 Å². The summed E-state index contributed by atoms with van der Waals surface area (Å²) in [5.41, 5.74) is 3.82. The van der Waals surface area contributed by atoms with Crippen LogP contribution in [0.1, 0.15) is 41.5 Å². The number of nitrogens with one attached hydrogen (secondary N) is 1. The predicted octanol–water partition coefficient (Wildman–Crippen LogP) is 3.42. The Balaban J connectivity index is 1.61. The zero-order valence-corrected chi connectivity index (χ0v) is 18.1. The van der Waals surface area contributed by atoms with E-state index in [2.05, 4.69) is 27.5 Å². The minimum absolute atomic E-state index is 0.446. The molecular formula is C20H32N2O2S2. The highest BCUT2D eigenvalue weighted by atomic mass is 32.2. The molecule has 1 aromatic rings. The van der Waals surface area contributed by atoms with Crippen LogP contribution >= 0.6 is 11.8 Å². The van der Waals surface area contributed by atoms with Gasteiger partial charge in [-0.2, -0.15) is 11.8 Å². The van der Waals surface area contributed by atoms with E-state index >= 15 is 0 Å². The molecule has 6 heteroatoms. The van der Waals surface area contributed by atoms with Gasteiger partial charge >= 0.3 is 0 Å². The molecule has 1 atom stereocenters. The fourth-order valence-electron chi connectivity index (χ4n) is 4.22. The van der Waals surface area contributed by atoms with E-state index in [0.717, 1.165) is 54.2 Å². The molecule has 2 fully saturated rings. The first-order chi connectivity index (χ1) is 12.3. The summed E-state index contributed by atoms with van der Waals surface area (Å²) in [5.74, 6) is 3.00. The molecule has 1 aromatic carbocycles. The molecule has 3 rings (SSSR count). The number of hydrogen-bond acceptors (Lipinski definition) is 4. The molecule has 0 amide bonds. The Morgan fingerprint density at radius 1 is 1.08 bits per heavy atom. The molecule has 146 valence electrons. The van der Waals surface area contributed by atoms with Crippen molar-refractivity contribution in [3.05, 3.63) is 28.3 Å². The van der Waals surface area contributed by atoms with Crippen molar-refractivity contribution in [3.8, 4) is 0 Å². The first-order valence-electron chi connectivity index (χ1n) is 9.68. The van der Waals surface area contributed by atoms with Crippen LogP contribution in [0.5, 0.6) is 0 Å². The number of piperidine rings is 1. The second kappa shape index (κ2) is 8.21. The lowest BCUT2D eigenvalue weighted by molar-refractivity contribution is 0.145. The Kier molecular flexibility index (Phi) is 6.37. The highest BCUT2D eigenvalue weighted by Gasteiger charge is 2.29. The SMILES string of the molecule is Cc1cc(C)c(C)c(S(=O)(=O)NCC2CCN(C3CCSC3)CC2)c1C. The van der Waals surface area contributed by atoms with Crippen molar-refractivity contribution < 1.29 is 8.42 Å². The lowest BCUT2D eigenvalue weighted by Gasteiger charge is -2.35. The van der Waals surface area contributed by atoms with E-state index in [1.165, 1.54) is 17.9 Å². The fraction of sp³-hybridized carbons (Fsp3) is 0.700. The number of thioether (sulfide) groups is 1. The molecular weight excluding hydrogens is 364 g/mol. The smallest absolute Gasteiger partial charge is 0.241 e. The Hall–Kier alpha value is -0.560. The standard InChI is InChI=1S/C20H32N2O2S2/c1-14-11-15(2)17(4)20(16(14)3)26(23,24)21-12-18-5-8-22(9-6-18)19-7-10-25-13-19/h11,18-19,21H,5-10,12-13H2,1-4H3. The summed E-state index contributed by atoms with van der Waals surface area (Å²) >= 11 is 2.06. The van der Waals surface area contributed by atoms with Gasteiger partial charge in [-0.05, 0) is 94.0 Å². The van der Waals surface area contributed by atoms with Gasteiger partial charge in [0.15, 0.2) is 0 Å². The predicted molar refractivity (Wildman–Crippen MR) is 111 cm³/mol. The van der Waals surface area contributed by atoms with Crippen LogP contribution in [0.4, 0.5) is 0 Å². The molecule has 0 radical (unpaired) electrons. The molecule has 2 heterocycles. The van der Waals surface area contributed by atoms with Gasteiger partial charge in [-0.3, -0.25) is 4.90 Å². The highest BCUT2D eigenvalue weighted by Crippen LogP contribution is 2.28. The molecule has 2 saturated heterocycles. The van der Waals surface area contributed by atoms with Gasteiger partial charge in [0, 0.05) is 18.3 Å². The van der Waals surface area contributed by atoms with Crippen molar-refractivity contribution in [1.29, 1.82) is 0 Å². The molecule has 1 N–H and O–H groups in total. The van der Waals surface area contributed by atoms with Crippen LogP contribution in [0, 0.1) is 33.6 Å². The Labute approximate surface area is 163 Å². The van der Waals surface area contributed by atoms with Crippen molar-refractivity contribution in [2.75, 3.05) is 31.1 Å². The minimum Gasteiger partial charge on any atom is -0.300 e. The maximum absolute atomic E-state index is 13.0. The molecule has 2 aliphatic heterocycles. The normalized spacial score (nSPS) is 22.8. The molecule has 26 heavy (non-hydrogen) atoms. The zero-order chi connectivity index (χ0) is 18.9. The van der Waals surface area contributed by atoms with E-state index in [9.17, 15) is 8.42 Å². The van der Waals surface area contributed by atoms with Gasteiger partial charge < -0.3 is 0 Å². The third-order valence-corrected chi connectivity index (χ3v) is 9.04. The van der Waals surface area contributed by atoms with Crippen LogP contribution in [-0.4, -0.2) is 50.5 Å². The molecule has 2 aliphatic rings. The molecule has 1 unspecified atom stereocenters. The van der Waals surface area contributed by atoms with E-state index in [1.54, 1.807) is 0 Å². The molecule has 0 spiro atoms. The lowest BCUT2D eigenvalue weighted by atomic mass is 9.96. The number of nitrogens with zero attached hydrogens (tertiary/aromatic N) is 1. The lowest BCUT2D eigenvalue weighted by Crippen LogP contribution is -2.43. The van der Waals surface area contributed by atoms with Crippen LogP contribution in [0.25, 0.3) is 0 Å². The van der Waals surface area contributed by atoms with Crippen LogP contribution in [0.2, 0.25) is 0 Å². The Bertz CT molecular complexity index is 721. The number of sulfonamides is 1. The number of likely N-dealkylation sites (tertiary alicyclic amines) is 1. The maximum atomic E-state index is 13.0. The average molecular weight is 397 g/mol. The number of aryl methyl sites for hydroxylation is 2. The third-order valence-electron chi connectivity index (χ3n) is 6.20. The van der Waals surface area contributed by atoms with Gasteiger partial charge in [-0.25, -0.2) is 13.1 Å². The molecule has 4 nitrogen and oxygen atoms in total. The molecule has 0 aliphatic carbocycles. The van der Waals surface area contributed by atoms with Gasteiger partial charge in [0.1, 0.15) is 0 Å². The van der Waals surface area contributed by atoms with Gasteiger partial charge in [0.25, 0.3) is 0 Å². The van der Waals surface area contributed by atoms with E-state index in [4.69, 9.17) is 0 Å². The van der Waals surface area contributed by atoms with Crippen LogP contribution in [0.15, 0.2) is 11.0 Å².